The smallest absolute Gasteiger partial charge is 0.252 e. The second-order valence-corrected chi connectivity index (χ2v) is 6.55. The van der Waals surface area contributed by atoms with Crippen LogP contribution >= 0.6 is 0 Å². The maximum Gasteiger partial charge on any atom is 0.252 e. The predicted molar refractivity (Wildman–Crippen MR) is 114 cm³/mol. The highest BCUT2D eigenvalue weighted by Crippen LogP contribution is 2.21. The molecule has 144 valence electrons. The van der Waals surface area contributed by atoms with Gasteiger partial charge in [-0.15, -0.1) is 0 Å². The minimum Gasteiger partial charge on any atom is -0.352 e. The fourth-order valence-corrected chi connectivity index (χ4v) is 2.89. The maximum atomic E-state index is 12.7. The van der Waals surface area contributed by atoms with Gasteiger partial charge in [-0.05, 0) is 24.6 Å². The number of nitrogens with one attached hydrogen (secondary N) is 2. The molecule has 28 heavy (non-hydrogen) atoms. The summed E-state index contributed by atoms with van der Waals surface area (Å²) in [5.74, 6) is 0.435. The molecule has 0 radical (unpaired) electrons. The fourth-order valence-electron chi connectivity index (χ4n) is 2.89. The summed E-state index contributed by atoms with van der Waals surface area (Å²) in [4.78, 5) is 21.3. The molecule has 2 heterocycles. The molecule has 0 bridgehead atoms. The summed E-state index contributed by atoms with van der Waals surface area (Å²) in [5, 5.41) is 8.05. The van der Waals surface area contributed by atoms with Gasteiger partial charge in [-0.1, -0.05) is 50.5 Å². The second-order valence-electron chi connectivity index (χ2n) is 6.55. The fraction of sp³-hybridized carbons (Fsp3) is 0.273. The van der Waals surface area contributed by atoms with Gasteiger partial charge < -0.3 is 5.32 Å². The Kier molecular flexibility index (Phi) is 7.07. The van der Waals surface area contributed by atoms with Crippen molar-refractivity contribution in [2.75, 3.05) is 12.0 Å². The standard InChI is InChI=1S/C22H25N5O/c1-2-3-4-7-13-24-22(28)19-14-21(26-20-11-6-5-10-18(19)20)27-25-16-17-9-8-12-23-15-17/h5-6,8-12,14-16H,2-4,7,13H2,1H3,(H,24,28)(H,26,27)/b25-16+. The van der Waals surface area contributed by atoms with Crippen molar-refractivity contribution in [2.24, 2.45) is 5.10 Å². The van der Waals surface area contributed by atoms with Gasteiger partial charge in [-0.25, -0.2) is 4.98 Å². The van der Waals surface area contributed by atoms with Crippen LogP contribution in [-0.4, -0.2) is 28.6 Å². The van der Waals surface area contributed by atoms with Crippen LogP contribution in [0.2, 0.25) is 0 Å². The summed E-state index contributed by atoms with van der Waals surface area (Å²) in [6, 6.07) is 13.1. The van der Waals surface area contributed by atoms with E-state index in [0.717, 1.165) is 29.3 Å². The molecule has 0 fully saturated rings. The zero-order valence-corrected chi connectivity index (χ0v) is 16.1. The molecular weight excluding hydrogens is 350 g/mol. The van der Waals surface area contributed by atoms with Gasteiger partial charge in [0.15, 0.2) is 0 Å². The van der Waals surface area contributed by atoms with Crippen LogP contribution in [0.25, 0.3) is 10.9 Å². The number of unbranched alkanes of at least 4 members (excludes halogenated alkanes) is 3. The van der Waals surface area contributed by atoms with Crippen LogP contribution in [0.3, 0.4) is 0 Å². The molecule has 0 saturated carbocycles. The number of nitrogens with zero attached hydrogens (tertiary/aromatic N) is 3. The lowest BCUT2D eigenvalue weighted by Gasteiger charge is -2.10. The lowest BCUT2D eigenvalue weighted by molar-refractivity contribution is 0.0954. The van der Waals surface area contributed by atoms with Gasteiger partial charge in [-0.2, -0.15) is 5.10 Å². The molecule has 0 aliphatic heterocycles. The highest BCUT2D eigenvalue weighted by molar-refractivity contribution is 6.07. The van der Waals surface area contributed by atoms with Crippen LogP contribution in [0, 0.1) is 0 Å². The highest BCUT2D eigenvalue weighted by atomic mass is 16.1. The van der Waals surface area contributed by atoms with Gasteiger partial charge in [0.1, 0.15) is 5.82 Å². The first-order valence-electron chi connectivity index (χ1n) is 9.65. The van der Waals surface area contributed by atoms with E-state index in [-0.39, 0.29) is 5.91 Å². The minimum atomic E-state index is -0.0885. The van der Waals surface area contributed by atoms with E-state index in [1.54, 1.807) is 24.7 Å². The quantitative estimate of drug-likeness (QED) is 0.330. The second kappa shape index (κ2) is 10.2. The Labute approximate surface area is 165 Å². The third-order valence-corrected chi connectivity index (χ3v) is 4.35. The summed E-state index contributed by atoms with van der Waals surface area (Å²) in [6.07, 6.45) is 9.58. The van der Waals surface area contributed by atoms with Crippen LogP contribution in [-0.2, 0) is 0 Å². The van der Waals surface area contributed by atoms with E-state index in [9.17, 15) is 4.79 Å². The van der Waals surface area contributed by atoms with Gasteiger partial charge in [0.05, 0.1) is 17.3 Å². The number of benzene rings is 1. The van der Waals surface area contributed by atoms with E-state index in [2.05, 4.69) is 32.7 Å². The van der Waals surface area contributed by atoms with Gasteiger partial charge in [0.25, 0.3) is 5.91 Å². The molecule has 6 nitrogen and oxygen atoms in total. The molecule has 0 aliphatic carbocycles. The van der Waals surface area contributed by atoms with Crippen molar-refractivity contribution in [3.63, 3.8) is 0 Å². The lowest BCUT2D eigenvalue weighted by atomic mass is 10.1. The van der Waals surface area contributed by atoms with Gasteiger partial charge in [0.2, 0.25) is 0 Å². The van der Waals surface area contributed by atoms with E-state index < -0.39 is 0 Å². The number of hydrazone groups is 1. The Morgan fingerprint density at radius 2 is 2.04 bits per heavy atom. The number of aromatic nitrogens is 2. The number of amides is 1. The topological polar surface area (TPSA) is 79.3 Å². The van der Waals surface area contributed by atoms with E-state index >= 15 is 0 Å². The predicted octanol–water partition coefficient (Wildman–Crippen LogP) is 4.39. The Bertz CT molecular complexity index is 940. The minimum absolute atomic E-state index is 0.0885. The molecule has 0 spiro atoms. The Hall–Kier alpha value is -3.28. The number of hydrogen-bond donors (Lipinski definition) is 2. The first-order valence-corrected chi connectivity index (χ1v) is 9.65. The number of carbonyl (C=O) groups excluding carboxylic acids is 1. The van der Waals surface area contributed by atoms with Crippen molar-refractivity contribution < 1.29 is 4.79 Å². The summed E-state index contributed by atoms with van der Waals surface area (Å²) in [7, 11) is 0. The maximum absolute atomic E-state index is 12.7. The van der Waals surface area contributed by atoms with Crippen LogP contribution < -0.4 is 10.7 Å². The first-order chi connectivity index (χ1) is 13.8. The third-order valence-electron chi connectivity index (χ3n) is 4.35. The molecule has 6 heteroatoms. The van der Waals surface area contributed by atoms with Crippen molar-refractivity contribution in [2.45, 2.75) is 32.6 Å². The number of para-hydroxylation sites is 1. The van der Waals surface area contributed by atoms with Gasteiger partial charge >= 0.3 is 0 Å². The molecule has 2 aromatic heterocycles. The number of pyridine rings is 2. The van der Waals surface area contributed by atoms with E-state index in [0.29, 0.717) is 17.9 Å². The van der Waals surface area contributed by atoms with Gasteiger partial charge in [0, 0.05) is 29.9 Å². The van der Waals surface area contributed by atoms with Crippen molar-refractivity contribution in [3.05, 3.63) is 66.0 Å². The molecule has 2 N–H and O–H groups in total. The Balaban J connectivity index is 1.75. The molecule has 3 rings (SSSR count). The number of fused-ring (bicyclic) bond motifs is 1. The third kappa shape index (κ3) is 5.36. The first kappa shape index (κ1) is 19.5. The molecule has 0 atom stereocenters. The van der Waals surface area contributed by atoms with Crippen LogP contribution in [0.1, 0.15) is 48.5 Å². The summed E-state index contributed by atoms with van der Waals surface area (Å²) in [5.41, 5.74) is 5.14. The average Bonchev–Trinajstić information content (AvgIpc) is 2.73. The van der Waals surface area contributed by atoms with E-state index in [1.165, 1.54) is 12.8 Å². The lowest BCUT2D eigenvalue weighted by Crippen LogP contribution is -2.25. The van der Waals surface area contributed by atoms with Crippen LogP contribution in [0.4, 0.5) is 5.82 Å². The molecule has 0 aliphatic rings. The molecule has 1 aromatic carbocycles. The zero-order valence-electron chi connectivity index (χ0n) is 16.1. The molecule has 3 aromatic rings. The van der Waals surface area contributed by atoms with Crippen molar-refractivity contribution >= 4 is 28.8 Å². The monoisotopic (exact) mass is 375 g/mol. The van der Waals surface area contributed by atoms with Crippen LogP contribution in [0.15, 0.2) is 60.0 Å². The van der Waals surface area contributed by atoms with E-state index in [1.807, 2.05) is 36.4 Å². The van der Waals surface area contributed by atoms with Crippen molar-refractivity contribution in [3.8, 4) is 0 Å². The summed E-state index contributed by atoms with van der Waals surface area (Å²) >= 11 is 0. The largest absolute Gasteiger partial charge is 0.352 e. The molecule has 1 amide bonds. The zero-order chi connectivity index (χ0) is 19.6. The molecular formula is C22H25N5O. The number of hydrogen-bond acceptors (Lipinski definition) is 5. The molecule has 0 unspecified atom stereocenters. The number of anilines is 1. The number of rotatable bonds is 9. The SMILES string of the molecule is CCCCCCNC(=O)c1cc(N/N=C/c2cccnc2)nc2ccccc12. The molecule has 0 saturated heterocycles. The summed E-state index contributed by atoms with van der Waals surface area (Å²) in [6.45, 7) is 2.85. The average molecular weight is 375 g/mol. The summed E-state index contributed by atoms with van der Waals surface area (Å²) < 4.78 is 0. The number of carbonyl (C=O) groups is 1. The van der Waals surface area contributed by atoms with Gasteiger partial charge in [-0.3, -0.25) is 15.2 Å². The highest BCUT2D eigenvalue weighted by Gasteiger charge is 2.12. The van der Waals surface area contributed by atoms with E-state index in [4.69, 9.17) is 0 Å². The Morgan fingerprint density at radius 1 is 1.14 bits per heavy atom. The van der Waals surface area contributed by atoms with Crippen molar-refractivity contribution in [1.82, 2.24) is 15.3 Å². The van der Waals surface area contributed by atoms with Crippen molar-refractivity contribution in [1.29, 1.82) is 0 Å². The Morgan fingerprint density at radius 3 is 2.86 bits per heavy atom. The normalized spacial score (nSPS) is 11.0. The van der Waals surface area contributed by atoms with Crippen LogP contribution in [0.5, 0.6) is 0 Å².